The summed E-state index contributed by atoms with van der Waals surface area (Å²) in [5.74, 6) is 2.08. The van der Waals surface area contributed by atoms with E-state index in [0.717, 1.165) is 28.0 Å². The Kier molecular flexibility index (Phi) is 4.80. The van der Waals surface area contributed by atoms with Crippen molar-refractivity contribution in [3.05, 3.63) is 72.1 Å². The molecule has 6 nitrogen and oxygen atoms in total. The predicted octanol–water partition coefficient (Wildman–Crippen LogP) is 4.89. The number of ether oxygens (including phenoxy) is 2. The first-order valence-corrected chi connectivity index (χ1v) is 8.77. The first-order valence-electron chi connectivity index (χ1n) is 8.77. The van der Waals surface area contributed by atoms with Crippen LogP contribution in [0.1, 0.15) is 11.3 Å². The van der Waals surface area contributed by atoms with Crippen molar-refractivity contribution in [3.8, 4) is 17.2 Å². The van der Waals surface area contributed by atoms with Gasteiger partial charge in [0.2, 0.25) is 0 Å². The third-order valence-corrected chi connectivity index (χ3v) is 4.45. The van der Waals surface area contributed by atoms with E-state index in [0.29, 0.717) is 23.7 Å². The molecule has 0 saturated carbocycles. The number of methoxy groups -OCH3 is 1. The monoisotopic (exact) mass is 378 g/mol. The molecule has 2 heterocycles. The lowest BCUT2D eigenvalue weighted by molar-refractivity contribution is 0.414. The molecule has 0 spiro atoms. The van der Waals surface area contributed by atoms with Gasteiger partial charge in [0.05, 0.1) is 30.4 Å². The van der Waals surface area contributed by atoms with Gasteiger partial charge in [-0.05, 0) is 55.0 Å². The van der Waals surface area contributed by atoms with Gasteiger partial charge in [-0.3, -0.25) is 0 Å². The van der Waals surface area contributed by atoms with E-state index in [1.807, 2.05) is 35.9 Å². The zero-order valence-corrected chi connectivity index (χ0v) is 15.5. The molecule has 2 aromatic carbocycles. The third-order valence-electron chi connectivity index (χ3n) is 4.45. The zero-order valence-electron chi connectivity index (χ0n) is 15.5. The van der Waals surface area contributed by atoms with E-state index in [1.165, 1.54) is 0 Å². The average Bonchev–Trinajstić information content (AvgIpc) is 3.05. The summed E-state index contributed by atoms with van der Waals surface area (Å²) in [5.41, 5.74) is 4.64. The number of anilines is 1. The number of aromatic nitrogens is 3. The molecule has 0 radical (unpaired) electrons. The number of benzene rings is 2. The molecule has 28 heavy (non-hydrogen) atoms. The van der Waals surface area contributed by atoms with E-state index in [2.05, 4.69) is 10.1 Å². The Morgan fingerprint density at radius 1 is 1.00 bits per heavy atom. The van der Waals surface area contributed by atoms with Crippen LogP contribution < -0.4 is 15.0 Å². The van der Waals surface area contributed by atoms with Crippen LogP contribution in [0.4, 0.5) is 10.2 Å². The number of pyridine rings is 1. The summed E-state index contributed by atoms with van der Waals surface area (Å²) >= 11 is 0. The van der Waals surface area contributed by atoms with E-state index in [4.69, 9.17) is 9.47 Å². The molecule has 0 unspecified atom stereocenters. The van der Waals surface area contributed by atoms with Crippen LogP contribution in [0.2, 0.25) is 0 Å². The van der Waals surface area contributed by atoms with Crippen LogP contribution in [-0.4, -0.2) is 21.9 Å². The smallest absolute Gasteiger partial charge is 0.162 e. The highest BCUT2D eigenvalue weighted by Crippen LogP contribution is 2.31. The van der Waals surface area contributed by atoms with Crippen molar-refractivity contribution in [2.24, 2.45) is 0 Å². The summed E-state index contributed by atoms with van der Waals surface area (Å²) in [6.45, 7) is 2.51. The van der Waals surface area contributed by atoms with Gasteiger partial charge < -0.3 is 9.47 Å². The number of halogens is 1. The minimum Gasteiger partial charge on any atom is -0.497 e. The molecular formula is C21H19FN4O2. The molecule has 7 heteroatoms. The topological polar surface area (TPSA) is 61.2 Å². The van der Waals surface area contributed by atoms with Crippen LogP contribution >= 0.6 is 0 Å². The highest BCUT2D eigenvalue weighted by atomic mass is 19.2. The van der Waals surface area contributed by atoms with Gasteiger partial charge >= 0.3 is 0 Å². The van der Waals surface area contributed by atoms with E-state index < -0.39 is 0 Å². The molecule has 0 aliphatic rings. The Morgan fingerprint density at radius 2 is 1.71 bits per heavy atom. The Hall–Kier alpha value is -3.61. The first-order chi connectivity index (χ1) is 13.7. The van der Waals surface area contributed by atoms with E-state index in [9.17, 15) is 4.48 Å². The van der Waals surface area contributed by atoms with Crippen LogP contribution in [0.15, 0.2) is 60.8 Å². The summed E-state index contributed by atoms with van der Waals surface area (Å²) in [4.78, 5) is 4.50. The second kappa shape index (κ2) is 7.56. The maximum absolute atomic E-state index is 12.5. The van der Waals surface area contributed by atoms with Gasteiger partial charge in [0, 0.05) is 6.20 Å². The summed E-state index contributed by atoms with van der Waals surface area (Å²) < 4.78 is 25.5. The fourth-order valence-corrected chi connectivity index (χ4v) is 3.06. The van der Waals surface area contributed by atoms with Crippen LogP contribution in [0.3, 0.4) is 0 Å². The number of rotatable bonds is 6. The highest BCUT2D eigenvalue weighted by molar-refractivity contribution is 5.85. The van der Waals surface area contributed by atoms with Crippen LogP contribution in [0, 0.1) is 6.92 Å². The predicted molar refractivity (Wildman–Crippen MR) is 106 cm³/mol. The molecule has 0 saturated heterocycles. The minimum atomic E-state index is 0.371. The number of fused-ring (bicyclic) bond motifs is 1. The Bertz CT molecular complexity index is 1090. The molecule has 142 valence electrons. The fourth-order valence-electron chi connectivity index (χ4n) is 3.06. The normalized spacial score (nSPS) is 10.8. The van der Waals surface area contributed by atoms with Crippen molar-refractivity contribution in [1.82, 2.24) is 14.8 Å². The Morgan fingerprint density at radius 3 is 2.39 bits per heavy atom. The van der Waals surface area contributed by atoms with Crippen molar-refractivity contribution in [2.75, 3.05) is 12.6 Å². The standard InChI is InChI=1S/C21H19FN4O2/c1-14-20-19(28-18-9-5-16(24-22)6-10-18)11-12-23-21(20)26(25-14)13-15-3-7-17(27-2)8-4-15/h3-12,24H,13H2,1-2H3. The number of hydrogen-bond donors (Lipinski definition) is 1. The maximum Gasteiger partial charge on any atom is 0.162 e. The molecular weight excluding hydrogens is 359 g/mol. The highest BCUT2D eigenvalue weighted by Gasteiger charge is 2.15. The number of nitrogens with one attached hydrogen (secondary N) is 1. The number of hydrogen-bond acceptors (Lipinski definition) is 5. The van der Waals surface area contributed by atoms with E-state index in [-0.39, 0.29) is 0 Å². The quantitative estimate of drug-likeness (QED) is 0.484. The minimum absolute atomic E-state index is 0.371. The lowest BCUT2D eigenvalue weighted by Crippen LogP contribution is -2.02. The molecule has 4 aromatic rings. The molecule has 0 aliphatic heterocycles. The number of nitrogens with zero attached hydrogens (tertiary/aromatic N) is 3. The summed E-state index contributed by atoms with van der Waals surface area (Å²) in [5, 5.41) is 5.49. The molecule has 0 bridgehead atoms. The van der Waals surface area contributed by atoms with Crippen molar-refractivity contribution in [1.29, 1.82) is 0 Å². The van der Waals surface area contributed by atoms with Gasteiger partial charge in [-0.1, -0.05) is 12.1 Å². The molecule has 0 atom stereocenters. The molecule has 4 rings (SSSR count). The molecule has 0 amide bonds. The van der Waals surface area contributed by atoms with Gasteiger partial charge in [0.25, 0.3) is 0 Å². The molecule has 0 fully saturated rings. The van der Waals surface area contributed by atoms with Gasteiger partial charge in [0.15, 0.2) is 5.65 Å². The van der Waals surface area contributed by atoms with Gasteiger partial charge in [0.1, 0.15) is 17.2 Å². The fraction of sp³-hybridized carbons (Fsp3) is 0.143. The van der Waals surface area contributed by atoms with Crippen LogP contribution in [0.25, 0.3) is 11.0 Å². The lowest BCUT2D eigenvalue weighted by Gasteiger charge is -2.08. The SMILES string of the molecule is COc1ccc(Cn2nc(C)c3c(Oc4ccc(NF)cc4)ccnc32)cc1. The van der Waals surface area contributed by atoms with Gasteiger partial charge in [-0.25, -0.2) is 15.2 Å². The van der Waals surface area contributed by atoms with E-state index >= 15 is 0 Å². The summed E-state index contributed by atoms with van der Waals surface area (Å²) in [6, 6.07) is 16.3. The van der Waals surface area contributed by atoms with E-state index in [1.54, 1.807) is 49.2 Å². The second-order valence-corrected chi connectivity index (χ2v) is 6.32. The van der Waals surface area contributed by atoms with Gasteiger partial charge in [-0.15, -0.1) is 4.48 Å². The Labute approximate surface area is 161 Å². The van der Waals surface area contributed by atoms with Crippen molar-refractivity contribution in [2.45, 2.75) is 13.5 Å². The molecule has 2 aromatic heterocycles. The lowest BCUT2D eigenvalue weighted by atomic mass is 10.2. The van der Waals surface area contributed by atoms with Gasteiger partial charge in [-0.2, -0.15) is 5.10 Å². The largest absolute Gasteiger partial charge is 0.497 e. The molecule has 1 N–H and O–H groups in total. The average molecular weight is 378 g/mol. The van der Waals surface area contributed by atoms with Crippen molar-refractivity contribution < 1.29 is 14.0 Å². The third kappa shape index (κ3) is 3.46. The van der Waals surface area contributed by atoms with Crippen molar-refractivity contribution in [3.63, 3.8) is 0 Å². The summed E-state index contributed by atoms with van der Waals surface area (Å²) in [7, 11) is 1.65. The summed E-state index contributed by atoms with van der Waals surface area (Å²) in [6.07, 6.45) is 1.70. The number of aryl methyl sites for hydroxylation is 1. The first kappa shape index (κ1) is 17.8. The Balaban J connectivity index is 1.66. The van der Waals surface area contributed by atoms with Crippen molar-refractivity contribution >= 4 is 16.7 Å². The maximum atomic E-state index is 12.5. The van der Waals surface area contributed by atoms with Crippen LogP contribution in [0.5, 0.6) is 17.2 Å². The second-order valence-electron chi connectivity index (χ2n) is 6.32. The van der Waals surface area contributed by atoms with Crippen LogP contribution in [-0.2, 0) is 6.54 Å². The molecule has 0 aliphatic carbocycles. The zero-order chi connectivity index (χ0) is 19.5.